The molecule has 0 saturated heterocycles. The van der Waals surface area contributed by atoms with Gasteiger partial charge in [0.1, 0.15) is 11.1 Å². The van der Waals surface area contributed by atoms with Crippen LogP contribution < -0.4 is 0 Å². The highest BCUT2D eigenvalue weighted by atomic mass is 32.2. The maximum Gasteiger partial charge on any atom is 0.104 e. The lowest BCUT2D eigenvalue weighted by atomic mass is 10.0. The molecule has 3 heteroatoms. The molecule has 1 aromatic carbocycles. The maximum atomic E-state index is 8.89. The fourth-order valence-electron chi connectivity index (χ4n) is 1.88. The maximum absolute atomic E-state index is 8.89. The van der Waals surface area contributed by atoms with Crippen LogP contribution in [0.25, 0.3) is 11.1 Å². The normalized spacial score (nSPS) is 12.4. The Morgan fingerprint density at radius 3 is 3.00 bits per heavy atom. The van der Waals surface area contributed by atoms with Gasteiger partial charge in [-0.3, -0.25) is 0 Å². The van der Waals surface area contributed by atoms with E-state index in [4.69, 9.17) is 5.26 Å². The van der Waals surface area contributed by atoms with Crippen molar-refractivity contribution in [3.05, 3.63) is 47.7 Å². The molecule has 3 rings (SSSR count). The lowest BCUT2D eigenvalue weighted by Crippen LogP contribution is -1.98. The van der Waals surface area contributed by atoms with Gasteiger partial charge >= 0.3 is 0 Å². The molecule has 0 saturated carbocycles. The van der Waals surface area contributed by atoms with Gasteiger partial charge in [-0.25, -0.2) is 4.98 Å². The second-order valence-corrected chi connectivity index (χ2v) is 4.60. The molecule has 16 heavy (non-hydrogen) atoms. The number of hydrogen-bond donors (Lipinski definition) is 0. The molecule has 0 aliphatic carbocycles. The van der Waals surface area contributed by atoms with Crippen molar-refractivity contribution in [3.8, 4) is 17.2 Å². The Morgan fingerprint density at radius 2 is 2.12 bits per heavy atom. The molecule has 0 radical (unpaired) electrons. The van der Waals surface area contributed by atoms with E-state index in [0.29, 0.717) is 5.56 Å². The summed E-state index contributed by atoms with van der Waals surface area (Å²) < 4.78 is 0. The highest BCUT2D eigenvalue weighted by molar-refractivity contribution is 7.98. The van der Waals surface area contributed by atoms with Crippen LogP contribution in [0.15, 0.2) is 41.6 Å². The summed E-state index contributed by atoms with van der Waals surface area (Å²) in [6.45, 7) is 0. The van der Waals surface area contributed by atoms with Crippen LogP contribution in [0.5, 0.6) is 0 Å². The number of hydrogen-bond acceptors (Lipinski definition) is 3. The van der Waals surface area contributed by atoms with Gasteiger partial charge in [-0.05, 0) is 17.2 Å². The smallest absolute Gasteiger partial charge is 0.104 e. The van der Waals surface area contributed by atoms with E-state index in [1.807, 2.05) is 18.2 Å². The van der Waals surface area contributed by atoms with Crippen LogP contribution in [0.4, 0.5) is 0 Å². The van der Waals surface area contributed by atoms with Crippen LogP contribution in [0.2, 0.25) is 0 Å². The van der Waals surface area contributed by atoms with Gasteiger partial charge in [0.2, 0.25) is 0 Å². The van der Waals surface area contributed by atoms with Crippen LogP contribution in [0.3, 0.4) is 0 Å². The molecule has 0 atom stereocenters. The molecule has 2 heterocycles. The summed E-state index contributed by atoms with van der Waals surface area (Å²) in [6, 6.07) is 12.4. The van der Waals surface area contributed by atoms with Crippen molar-refractivity contribution >= 4 is 11.8 Å². The average molecular weight is 224 g/mol. The molecule has 1 aliphatic heterocycles. The Labute approximate surface area is 97.9 Å². The minimum atomic E-state index is 0.621. The van der Waals surface area contributed by atoms with E-state index < -0.39 is 0 Å². The van der Waals surface area contributed by atoms with Gasteiger partial charge in [0.05, 0.1) is 5.56 Å². The first-order valence-electron chi connectivity index (χ1n) is 5.00. The number of nitriles is 1. The molecule has 0 bridgehead atoms. The Hall–Kier alpha value is -1.79. The summed E-state index contributed by atoms with van der Waals surface area (Å²) in [5.74, 6) is 0.960. The number of fused-ring (bicyclic) bond motifs is 3. The molecule has 76 valence electrons. The van der Waals surface area contributed by atoms with Crippen LogP contribution in [-0.4, -0.2) is 4.98 Å². The molecule has 0 fully saturated rings. The van der Waals surface area contributed by atoms with Crippen molar-refractivity contribution in [1.82, 2.24) is 4.98 Å². The quantitative estimate of drug-likeness (QED) is 0.689. The standard InChI is InChI=1S/C13H8N2S/c14-6-9-5-12-11-4-2-1-3-10(11)8-16-13(12)15-7-9/h1-5,7H,8H2. The van der Waals surface area contributed by atoms with Crippen LogP contribution in [-0.2, 0) is 5.75 Å². The zero-order chi connectivity index (χ0) is 11.0. The molecule has 2 aromatic rings. The molecule has 1 aliphatic rings. The fraction of sp³-hybridized carbons (Fsp3) is 0.0769. The van der Waals surface area contributed by atoms with Gasteiger partial charge < -0.3 is 0 Å². The van der Waals surface area contributed by atoms with E-state index in [9.17, 15) is 0 Å². The molecule has 2 nitrogen and oxygen atoms in total. The van der Waals surface area contributed by atoms with Crippen molar-refractivity contribution in [3.63, 3.8) is 0 Å². The van der Waals surface area contributed by atoms with Crippen molar-refractivity contribution in [2.24, 2.45) is 0 Å². The van der Waals surface area contributed by atoms with Gasteiger partial charge in [0, 0.05) is 17.5 Å². The lowest BCUT2D eigenvalue weighted by Gasteiger charge is -2.17. The van der Waals surface area contributed by atoms with Gasteiger partial charge in [-0.15, -0.1) is 11.8 Å². The van der Waals surface area contributed by atoms with Crippen molar-refractivity contribution in [2.45, 2.75) is 10.8 Å². The van der Waals surface area contributed by atoms with Crippen molar-refractivity contribution < 1.29 is 0 Å². The molecule has 0 spiro atoms. The SMILES string of the molecule is N#Cc1cnc2c(c1)-c1ccccc1CS2. The summed E-state index contributed by atoms with van der Waals surface area (Å²) >= 11 is 1.73. The van der Waals surface area contributed by atoms with Crippen LogP contribution >= 0.6 is 11.8 Å². The molecule has 0 unspecified atom stereocenters. The molecule has 1 aromatic heterocycles. The number of nitrogens with zero attached hydrogens (tertiary/aromatic N) is 2. The molecular weight excluding hydrogens is 216 g/mol. The van der Waals surface area contributed by atoms with E-state index in [0.717, 1.165) is 16.3 Å². The third-order valence-electron chi connectivity index (χ3n) is 2.65. The first kappa shape index (κ1) is 9.44. The van der Waals surface area contributed by atoms with Crippen molar-refractivity contribution in [2.75, 3.05) is 0 Å². The van der Waals surface area contributed by atoms with E-state index in [1.165, 1.54) is 11.1 Å². The largest absolute Gasteiger partial charge is 0.248 e. The highest BCUT2D eigenvalue weighted by Gasteiger charge is 2.17. The molecular formula is C13H8N2S. The third kappa shape index (κ3) is 1.39. The average Bonchev–Trinajstić information content (AvgIpc) is 2.38. The summed E-state index contributed by atoms with van der Waals surface area (Å²) in [7, 11) is 0. The number of pyridine rings is 1. The Kier molecular flexibility index (Phi) is 2.16. The summed E-state index contributed by atoms with van der Waals surface area (Å²) in [6.07, 6.45) is 1.64. The van der Waals surface area contributed by atoms with Gasteiger partial charge in [-0.2, -0.15) is 5.26 Å². The van der Waals surface area contributed by atoms with Gasteiger partial charge in [0.25, 0.3) is 0 Å². The Bertz CT molecular complexity index is 599. The van der Waals surface area contributed by atoms with Gasteiger partial charge in [0.15, 0.2) is 0 Å². The van der Waals surface area contributed by atoms with Crippen molar-refractivity contribution in [1.29, 1.82) is 5.26 Å². The van der Waals surface area contributed by atoms with Gasteiger partial charge in [-0.1, -0.05) is 24.3 Å². The number of benzene rings is 1. The Morgan fingerprint density at radius 1 is 1.25 bits per heavy atom. The zero-order valence-electron chi connectivity index (χ0n) is 8.47. The summed E-state index contributed by atoms with van der Waals surface area (Å²) in [4.78, 5) is 4.33. The highest BCUT2D eigenvalue weighted by Crippen LogP contribution is 2.40. The van der Waals surface area contributed by atoms with Crippen LogP contribution in [0.1, 0.15) is 11.1 Å². The predicted molar refractivity (Wildman–Crippen MR) is 63.9 cm³/mol. The first-order chi connectivity index (χ1) is 7.88. The lowest BCUT2D eigenvalue weighted by molar-refractivity contribution is 1.11. The predicted octanol–water partition coefficient (Wildman–Crippen LogP) is 3.23. The second kappa shape index (κ2) is 3.66. The second-order valence-electron chi connectivity index (χ2n) is 3.63. The minimum Gasteiger partial charge on any atom is -0.248 e. The molecule has 0 amide bonds. The number of aromatic nitrogens is 1. The zero-order valence-corrected chi connectivity index (χ0v) is 9.29. The minimum absolute atomic E-state index is 0.621. The van der Waals surface area contributed by atoms with E-state index >= 15 is 0 Å². The fourth-order valence-corrected chi connectivity index (χ4v) is 2.87. The molecule has 0 N–H and O–H groups in total. The third-order valence-corrected chi connectivity index (χ3v) is 3.71. The summed E-state index contributed by atoms with van der Waals surface area (Å²) in [5.41, 5.74) is 4.24. The number of thioether (sulfide) groups is 1. The van der Waals surface area contributed by atoms with E-state index in [-0.39, 0.29) is 0 Å². The summed E-state index contributed by atoms with van der Waals surface area (Å²) in [5, 5.41) is 9.92. The topological polar surface area (TPSA) is 36.7 Å². The van der Waals surface area contributed by atoms with E-state index in [1.54, 1.807) is 18.0 Å². The van der Waals surface area contributed by atoms with Crippen LogP contribution in [0, 0.1) is 11.3 Å². The Balaban J connectivity index is 2.27. The number of rotatable bonds is 0. The monoisotopic (exact) mass is 224 g/mol. The first-order valence-corrected chi connectivity index (χ1v) is 5.98. The van der Waals surface area contributed by atoms with E-state index in [2.05, 4.69) is 23.2 Å².